The molecule has 1 atom stereocenters. The molecule has 2 rings (SSSR count). The molecule has 0 aliphatic heterocycles. The van der Waals surface area contributed by atoms with Gasteiger partial charge in [-0.2, -0.15) is 11.8 Å². The molecule has 25 heavy (non-hydrogen) atoms. The second-order valence-corrected chi connectivity index (χ2v) is 9.08. The van der Waals surface area contributed by atoms with Crippen LogP contribution < -0.4 is 5.32 Å². The Morgan fingerprint density at radius 3 is 2.48 bits per heavy atom. The summed E-state index contributed by atoms with van der Waals surface area (Å²) in [5, 5.41) is 4.65. The smallest absolute Gasteiger partial charge is 0.233 e. The van der Waals surface area contributed by atoms with Gasteiger partial charge < -0.3 is 5.32 Å². The van der Waals surface area contributed by atoms with Crippen LogP contribution in [0.2, 0.25) is 15.1 Å². The molecule has 0 unspecified atom stereocenters. The summed E-state index contributed by atoms with van der Waals surface area (Å²) in [5.41, 5.74) is 1.12. The number of rotatable bonds is 8. The third kappa shape index (κ3) is 7.32. The van der Waals surface area contributed by atoms with Crippen LogP contribution in [0.5, 0.6) is 0 Å². The van der Waals surface area contributed by atoms with Crippen LogP contribution in [0.4, 0.5) is 0 Å². The minimum absolute atomic E-state index is 0.0371. The van der Waals surface area contributed by atoms with Crippen molar-refractivity contribution < 1.29 is 4.79 Å². The molecule has 2 aromatic rings. The minimum atomic E-state index is -0.152. The number of carbonyl (C=O) groups is 1. The van der Waals surface area contributed by atoms with Crippen LogP contribution in [0.3, 0.4) is 0 Å². The van der Waals surface area contributed by atoms with Gasteiger partial charge in [0.1, 0.15) is 0 Å². The summed E-state index contributed by atoms with van der Waals surface area (Å²) in [5.74, 6) is 1.71. The molecule has 1 amide bonds. The monoisotopic (exact) mass is 433 g/mol. The van der Waals surface area contributed by atoms with Gasteiger partial charge in [0, 0.05) is 28.0 Å². The van der Waals surface area contributed by atoms with Crippen molar-refractivity contribution in [3.05, 3.63) is 63.1 Å². The highest BCUT2D eigenvalue weighted by molar-refractivity contribution is 8.00. The van der Waals surface area contributed by atoms with Crippen LogP contribution in [0.15, 0.2) is 47.4 Å². The van der Waals surface area contributed by atoms with Crippen LogP contribution in [-0.4, -0.2) is 23.5 Å². The number of amides is 1. The predicted octanol–water partition coefficient (Wildman–Crippen LogP) is 6.18. The number of nitrogens with one attached hydrogen (secondary N) is 1. The van der Waals surface area contributed by atoms with Crippen molar-refractivity contribution in [1.82, 2.24) is 5.32 Å². The Morgan fingerprint density at radius 1 is 1.08 bits per heavy atom. The van der Waals surface area contributed by atoms with Crippen molar-refractivity contribution in [1.29, 1.82) is 0 Å². The molecule has 0 aliphatic rings. The molecule has 0 aliphatic carbocycles. The van der Waals surface area contributed by atoms with E-state index < -0.39 is 0 Å². The van der Waals surface area contributed by atoms with E-state index in [1.807, 2.05) is 43.3 Å². The summed E-state index contributed by atoms with van der Waals surface area (Å²) in [6, 6.07) is 13.1. The number of carbonyl (C=O) groups excluding carboxylic acids is 1. The lowest BCUT2D eigenvalue weighted by Gasteiger charge is -2.12. The standard InChI is InChI=1S/C18H18Cl3NOS2/c1-12(25-15-5-3-14(19)4-6-15)18(23)22-8-9-24-11-13-2-7-16(20)17(21)10-13/h2-7,10,12H,8-9,11H2,1H3,(H,22,23)/t12-/m0/s1. The second kappa shape index (κ2) is 10.6. The maximum absolute atomic E-state index is 12.1. The first-order valence-electron chi connectivity index (χ1n) is 7.67. The molecule has 7 heteroatoms. The van der Waals surface area contributed by atoms with E-state index >= 15 is 0 Å². The lowest BCUT2D eigenvalue weighted by atomic mass is 10.2. The number of hydrogen-bond donors (Lipinski definition) is 1. The molecular formula is C18H18Cl3NOS2. The van der Waals surface area contributed by atoms with Crippen molar-refractivity contribution in [2.75, 3.05) is 12.3 Å². The lowest BCUT2D eigenvalue weighted by molar-refractivity contribution is -0.120. The Morgan fingerprint density at radius 2 is 1.80 bits per heavy atom. The Kier molecular flexibility index (Phi) is 8.80. The van der Waals surface area contributed by atoms with Crippen LogP contribution in [0.1, 0.15) is 12.5 Å². The summed E-state index contributed by atoms with van der Waals surface area (Å²) >= 11 is 21.0. The van der Waals surface area contributed by atoms with E-state index in [-0.39, 0.29) is 11.2 Å². The SMILES string of the molecule is C[C@H](Sc1ccc(Cl)cc1)C(=O)NCCSCc1ccc(Cl)c(Cl)c1. The Labute approximate surface area is 172 Å². The van der Waals surface area contributed by atoms with Crippen molar-refractivity contribution in [2.45, 2.75) is 22.8 Å². The molecule has 2 nitrogen and oxygen atoms in total. The Hall–Kier alpha value is -0.520. The second-order valence-electron chi connectivity index (χ2n) is 5.31. The maximum Gasteiger partial charge on any atom is 0.233 e. The average molecular weight is 435 g/mol. The van der Waals surface area contributed by atoms with Gasteiger partial charge in [-0.1, -0.05) is 40.9 Å². The normalized spacial score (nSPS) is 12.0. The van der Waals surface area contributed by atoms with Crippen LogP contribution >= 0.6 is 58.3 Å². The van der Waals surface area contributed by atoms with Gasteiger partial charge in [-0.05, 0) is 48.9 Å². The maximum atomic E-state index is 12.1. The van der Waals surface area contributed by atoms with Gasteiger partial charge in [0.2, 0.25) is 5.91 Å². The molecule has 0 fully saturated rings. The summed E-state index contributed by atoms with van der Waals surface area (Å²) in [6.45, 7) is 2.54. The van der Waals surface area contributed by atoms with Crippen LogP contribution in [0, 0.1) is 0 Å². The summed E-state index contributed by atoms with van der Waals surface area (Å²) in [6.07, 6.45) is 0. The van der Waals surface area contributed by atoms with E-state index in [0.717, 1.165) is 22.0 Å². The van der Waals surface area contributed by atoms with E-state index in [4.69, 9.17) is 34.8 Å². The first-order valence-corrected chi connectivity index (χ1v) is 10.8. The predicted molar refractivity (Wildman–Crippen MR) is 112 cm³/mol. The number of thioether (sulfide) groups is 2. The quantitative estimate of drug-likeness (QED) is 0.397. The van der Waals surface area contributed by atoms with E-state index in [1.54, 1.807) is 17.8 Å². The molecular weight excluding hydrogens is 417 g/mol. The summed E-state index contributed by atoms with van der Waals surface area (Å²) < 4.78 is 0. The fraction of sp³-hybridized carbons (Fsp3) is 0.278. The Balaban J connectivity index is 1.65. The van der Waals surface area contributed by atoms with E-state index in [0.29, 0.717) is 21.6 Å². The molecule has 0 heterocycles. The van der Waals surface area contributed by atoms with Crippen LogP contribution in [-0.2, 0) is 10.5 Å². The zero-order valence-corrected chi connectivity index (χ0v) is 17.5. The molecule has 134 valence electrons. The Bertz CT molecular complexity index is 710. The van der Waals surface area contributed by atoms with Crippen molar-refractivity contribution in [3.8, 4) is 0 Å². The minimum Gasteiger partial charge on any atom is -0.354 e. The summed E-state index contributed by atoms with van der Waals surface area (Å²) in [7, 11) is 0. The van der Waals surface area contributed by atoms with Gasteiger partial charge in [-0.25, -0.2) is 0 Å². The molecule has 0 aromatic heterocycles. The highest BCUT2D eigenvalue weighted by Crippen LogP contribution is 2.25. The fourth-order valence-corrected chi connectivity index (χ4v) is 4.12. The topological polar surface area (TPSA) is 29.1 Å². The molecule has 0 bridgehead atoms. The highest BCUT2D eigenvalue weighted by atomic mass is 35.5. The lowest BCUT2D eigenvalue weighted by Crippen LogP contribution is -2.32. The molecule has 1 N–H and O–H groups in total. The van der Waals surface area contributed by atoms with Crippen molar-refractivity contribution in [3.63, 3.8) is 0 Å². The van der Waals surface area contributed by atoms with Gasteiger partial charge in [-0.15, -0.1) is 11.8 Å². The van der Waals surface area contributed by atoms with Gasteiger partial charge >= 0.3 is 0 Å². The highest BCUT2D eigenvalue weighted by Gasteiger charge is 2.13. The zero-order valence-electron chi connectivity index (χ0n) is 13.6. The van der Waals surface area contributed by atoms with E-state index in [1.165, 1.54) is 11.8 Å². The molecule has 2 aromatic carbocycles. The number of hydrogen-bond acceptors (Lipinski definition) is 3. The van der Waals surface area contributed by atoms with Crippen molar-refractivity contribution >= 4 is 64.2 Å². The van der Waals surface area contributed by atoms with Gasteiger partial charge in [0.15, 0.2) is 0 Å². The zero-order chi connectivity index (χ0) is 18.2. The first kappa shape index (κ1) is 20.8. The molecule has 0 saturated heterocycles. The van der Waals surface area contributed by atoms with Gasteiger partial charge in [0.25, 0.3) is 0 Å². The van der Waals surface area contributed by atoms with E-state index in [9.17, 15) is 4.79 Å². The van der Waals surface area contributed by atoms with Gasteiger partial charge in [-0.3, -0.25) is 4.79 Å². The molecule has 0 saturated carbocycles. The molecule has 0 spiro atoms. The summed E-state index contributed by atoms with van der Waals surface area (Å²) in [4.78, 5) is 13.2. The fourth-order valence-electron chi connectivity index (χ4n) is 1.98. The third-order valence-corrected chi connectivity index (χ3v) is 6.43. The van der Waals surface area contributed by atoms with Crippen molar-refractivity contribution in [2.24, 2.45) is 0 Å². The van der Waals surface area contributed by atoms with Crippen LogP contribution in [0.25, 0.3) is 0 Å². The molecule has 0 radical (unpaired) electrons. The third-order valence-electron chi connectivity index (χ3n) is 3.29. The van der Waals surface area contributed by atoms with E-state index in [2.05, 4.69) is 5.32 Å². The number of benzene rings is 2. The largest absolute Gasteiger partial charge is 0.354 e. The average Bonchev–Trinajstić information content (AvgIpc) is 2.59. The number of halogens is 3. The first-order chi connectivity index (χ1) is 12.0. The van der Waals surface area contributed by atoms with Gasteiger partial charge in [0.05, 0.1) is 15.3 Å².